The maximum absolute atomic E-state index is 12.9. The number of piperidine rings is 1. The highest BCUT2D eigenvalue weighted by Gasteiger charge is 2.28. The van der Waals surface area contributed by atoms with Crippen molar-refractivity contribution in [2.45, 2.75) is 32.6 Å². The van der Waals surface area contributed by atoms with Gasteiger partial charge < -0.3 is 14.8 Å². The summed E-state index contributed by atoms with van der Waals surface area (Å²) in [5.74, 6) is 0.111. The zero-order valence-corrected chi connectivity index (χ0v) is 20.7. The predicted molar refractivity (Wildman–Crippen MR) is 135 cm³/mol. The molecule has 34 heavy (non-hydrogen) atoms. The Morgan fingerprint density at radius 1 is 1.03 bits per heavy atom. The van der Waals surface area contributed by atoms with E-state index in [-0.39, 0.29) is 17.7 Å². The molecule has 9 heteroatoms. The van der Waals surface area contributed by atoms with E-state index in [1.165, 1.54) is 22.7 Å². The third-order valence-electron chi connectivity index (χ3n) is 6.02. The van der Waals surface area contributed by atoms with Gasteiger partial charge in [0.05, 0.1) is 27.1 Å². The molecule has 1 aliphatic heterocycles. The fourth-order valence-electron chi connectivity index (χ4n) is 4.27. The second kappa shape index (κ2) is 9.52. The smallest absolute Gasteiger partial charge is 0.275 e. The Morgan fingerprint density at radius 3 is 2.47 bits per heavy atom. The maximum Gasteiger partial charge on any atom is 0.275 e. The molecule has 1 aliphatic rings. The summed E-state index contributed by atoms with van der Waals surface area (Å²) < 4.78 is 1.96. The van der Waals surface area contributed by atoms with Gasteiger partial charge in [0.2, 0.25) is 0 Å². The first-order valence-corrected chi connectivity index (χ1v) is 12.9. The van der Waals surface area contributed by atoms with Gasteiger partial charge >= 0.3 is 0 Å². The molecule has 2 amide bonds. The Bertz CT molecular complexity index is 1320. The topological polar surface area (TPSA) is 80.1 Å². The molecule has 0 aliphatic carbocycles. The number of nitrogens with zero attached hydrogens (tertiary/aromatic N) is 4. The van der Waals surface area contributed by atoms with Gasteiger partial charge in [0.15, 0.2) is 0 Å². The van der Waals surface area contributed by atoms with Gasteiger partial charge in [0, 0.05) is 36.8 Å². The van der Waals surface area contributed by atoms with Crippen molar-refractivity contribution in [2.75, 3.05) is 18.4 Å². The SMILES string of the molecule is Cc1nc(C)c(C(=O)N2CCC(c3nc(C(=O)Nc4ccccc4-n4cccc4)cs3)CC2)s1. The lowest BCUT2D eigenvalue weighted by Gasteiger charge is -2.30. The lowest BCUT2D eigenvalue weighted by molar-refractivity contribution is 0.0717. The van der Waals surface area contributed by atoms with Crippen LogP contribution >= 0.6 is 22.7 Å². The van der Waals surface area contributed by atoms with Crippen molar-refractivity contribution in [3.8, 4) is 5.69 Å². The number of para-hydroxylation sites is 2. The van der Waals surface area contributed by atoms with E-state index in [9.17, 15) is 9.59 Å². The summed E-state index contributed by atoms with van der Waals surface area (Å²) in [5, 5.41) is 6.70. The third kappa shape index (κ3) is 4.53. The Labute approximate surface area is 206 Å². The van der Waals surface area contributed by atoms with Crippen molar-refractivity contribution in [2.24, 2.45) is 0 Å². The van der Waals surface area contributed by atoms with E-state index in [4.69, 9.17) is 0 Å². The summed E-state index contributed by atoms with van der Waals surface area (Å²) in [5.41, 5.74) is 2.87. The first-order chi connectivity index (χ1) is 16.5. The van der Waals surface area contributed by atoms with E-state index in [1.54, 1.807) is 0 Å². The second-order valence-electron chi connectivity index (χ2n) is 8.35. The molecule has 7 nitrogen and oxygen atoms in total. The van der Waals surface area contributed by atoms with Gasteiger partial charge in [0.1, 0.15) is 10.6 Å². The molecule has 3 aromatic heterocycles. The highest BCUT2D eigenvalue weighted by Crippen LogP contribution is 2.32. The first-order valence-electron chi connectivity index (χ1n) is 11.2. The highest BCUT2D eigenvalue weighted by atomic mass is 32.1. The van der Waals surface area contributed by atoms with E-state index in [0.717, 1.165) is 44.8 Å². The molecule has 1 saturated heterocycles. The van der Waals surface area contributed by atoms with Crippen molar-refractivity contribution in [3.05, 3.63) is 80.5 Å². The van der Waals surface area contributed by atoms with Crippen molar-refractivity contribution in [1.82, 2.24) is 19.4 Å². The number of carbonyl (C=O) groups excluding carboxylic acids is 2. The quantitative estimate of drug-likeness (QED) is 0.412. The van der Waals surface area contributed by atoms with Crippen LogP contribution in [0.25, 0.3) is 5.69 Å². The van der Waals surface area contributed by atoms with Crippen LogP contribution in [0.2, 0.25) is 0 Å². The number of rotatable bonds is 5. The molecule has 0 spiro atoms. The molecule has 4 aromatic rings. The largest absolute Gasteiger partial charge is 0.338 e. The third-order valence-corrected chi connectivity index (χ3v) is 8.09. The molecule has 5 rings (SSSR count). The molecular weight excluding hydrogens is 466 g/mol. The zero-order chi connectivity index (χ0) is 23.7. The van der Waals surface area contributed by atoms with Crippen LogP contribution in [-0.4, -0.2) is 44.3 Å². The van der Waals surface area contributed by atoms with E-state index >= 15 is 0 Å². The summed E-state index contributed by atoms with van der Waals surface area (Å²) in [6.07, 6.45) is 5.57. The van der Waals surface area contributed by atoms with Gasteiger partial charge in [-0.15, -0.1) is 22.7 Å². The molecular formula is C25H25N5O2S2. The summed E-state index contributed by atoms with van der Waals surface area (Å²) in [6, 6.07) is 11.6. The molecule has 1 fully saturated rings. The zero-order valence-electron chi connectivity index (χ0n) is 19.0. The average molecular weight is 492 g/mol. The summed E-state index contributed by atoms with van der Waals surface area (Å²) in [6.45, 7) is 5.19. The maximum atomic E-state index is 12.9. The minimum atomic E-state index is -0.217. The van der Waals surface area contributed by atoms with Crippen LogP contribution < -0.4 is 5.32 Å². The molecule has 4 heterocycles. The van der Waals surface area contributed by atoms with Gasteiger partial charge in [-0.05, 0) is 51.0 Å². The minimum Gasteiger partial charge on any atom is -0.338 e. The Balaban J connectivity index is 1.23. The monoisotopic (exact) mass is 491 g/mol. The average Bonchev–Trinajstić information content (AvgIpc) is 3.61. The highest BCUT2D eigenvalue weighted by molar-refractivity contribution is 7.13. The summed E-state index contributed by atoms with van der Waals surface area (Å²) in [4.78, 5) is 37.5. The van der Waals surface area contributed by atoms with Gasteiger partial charge in [-0.3, -0.25) is 9.59 Å². The molecule has 1 aromatic carbocycles. The van der Waals surface area contributed by atoms with E-state index < -0.39 is 0 Å². The lowest BCUT2D eigenvalue weighted by Crippen LogP contribution is -2.37. The summed E-state index contributed by atoms with van der Waals surface area (Å²) >= 11 is 2.98. The fraction of sp³-hybridized carbons (Fsp3) is 0.280. The number of thiazole rings is 2. The molecule has 0 saturated carbocycles. The molecule has 0 atom stereocenters. The predicted octanol–water partition coefficient (Wildman–Crippen LogP) is 5.28. The van der Waals surface area contributed by atoms with Crippen LogP contribution in [0.3, 0.4) is 0 Å². The molecule has 0 bridgehead atoms. The Morgan fingerprint density at radius 2 is 1.76 bits per heavy atom. The van der Waals surface area contributed by atoms with Crippen molar-refractivity contribution in [1.29, 1.82) is 0 Å². The van der Waals surface area contributed by atoms with E-state index in [1.807, 2.05) is 77.5 Å². The van der Waals surface area contributed by atoms with E-state index in [2.05, 4.69) is 15.3 Å². The van der Waals surface area contributed by atoms with Crippen LogP contribution in [0.4, 0.5) is 5.69 Å². The molecule has 0 radical (unpaired) electrons. The minimum absolute atomic E-state index is 0.0714. The number of hydrogen-bond acceptors (Lipinski definition) is 6. The van der Waals surface area contributed by atoms with Crippen LogP contribution in [0.1, 0.15) is 54.6 Å². The van der Waals surface area contributed by atoms with E-state index in [0.29, 0.717) is 18.8 Å². The molecule has 0 unspecified atom stereocenters. The standard InChI is InChI=1S/C25H25N5O2S2/c1-16-22(34-17(2)26-16)25(32)30-13-9-18(10-14-30)24-28-20(15-33-24)23(31)27-19-7-3-4-8-21(19)29-11-5-6-12-29/h3-8,11-12,15,18H,9-10,13-14H2,1-2H3,(H,27,31). The second-order valence-corrected chi connectivity index (χ2v) is 10.4. The molecule has 174 valence electrons. The number of hydrogen-bond donors (Lipinski definition) is 1. The van der Waals surface area contributed by atoms with Crippen LogP contribution in [0, 0.1) is 13.8 Å². The normalized spacial score (nSPS) is 14.4. The van der Waals surface area contributed by atoms with Crippen molar-refractivity contribution < 1.29 is 9.59 Å². The van der Waals surface area contributed by atoms with Crippen molar-refractivity contribution in [3.63, 3.8) is 0 Å². The number of nitrogens with one attached hydrogen (secondary N) is 1. The van der Waals surface area contributed by atoms with Gasteiger partial charge in [-0.1, -0.05) is 12.1 Å². The number of benzene rings is 1. The van der Waals surface area contributed by atoms with Gasteiger partial charge in [0.25, 0.3) is 11.8 Å². The van der Waals surface area contributed by atoms with Gasteiger partial charge in [-0.25, -0.2) is 9.97 Å². The first kappa shape index (κ1) is 22.5. The lowest BCUT2D eigenvalue weighted by atomic mass is 9.97. The number of anilines is 1. The van der Waals surface area contributed by atoms with Crippen LogP contribution in [0.15, 0.2) is 54.2 Å². The number of carbonyl (C=O) groups is 2. The Kier molecular flexibility index (Phi) is 6.30. The number of likely N-dealkylation sites (tertiary alicyclic amines) is 1. The molecule has 1 N–H and O–H groups in total. The Hall–Kier alpha value is -3.30. The number of aryl methyl sites for hydroxylation is 2. The number of amides is 2. The summed E-state index contributed by atoms with van der Waals surface area (Å²) in [7, 11) is 0. The van der Waals surface area contributed by atoms with Crippen LogP contribution in [0.5, 0.6) is 0 Å². The van der Waals surface area contributed by atoms with Gasteiger partial charge in [-0.2, -0.15) is 0 Å². The van der Waals surface area contributed by atoms with Crippen molar-refractivity contribution >= 4 is 40.2 Å². The fourth-order valence-corrected chi connectivity index (χ4v) is 6.13. The number of aromatic nitrogens is 3. The van der Waals surface area contributed by atoms with Crippen LogP contribution in [-0.2, 0) is 0 Å².